The summed E-state index contributed by atoms with van der Waals surface area (Å²) in [5.41, 5.74) is 0. The van der Waals surface area contributed by atoms with Crippen LogP contribution < -0.4 is 5.32 Å². The van der Waals surface area contributed by atoms with Gasteiger partial charge in [-0.25, -0.2) is 0 Å². The molecule has 0 heterocycles. The van der Waals surface area contributed by atoms with E-state index in [0.29, 0.717) is 18.2 Å². The van der Waals surface area contributed by atoms with E-state index >= 15 is 0 Å². The van der Waals surface area contributed by atoms with Gasteiger partial charge in [0.2, 0.25) is 0 Å². The minimum Gasteiger partial charge on any atom is -0.305 e. The Labute approximate surface area is 71.0 Å². The maximum absolute atomic E-state index is 3.25. The van der Waals surface area contributed by atoms with Crippen LogP contribution in [0.15, 0.2) is 0 Å². The Kier molecular flexibility index (Phi) is 4.69. The molecule has 11 heavy (non-hydrogen) atoms. The molecule has 1 unspecified atom stereocenters. The van der Waals surface area contributed by atoms with Gasteiger partial charge in [-0.2, -0.15) is 0 Å². The van der Waals surface area contributed by atoms with E-state index < -0.39 is 0 Å². The lowest BCUT2D eigenvalue weighted by atomic mass is 10.2. The summed E-state index contributed by atoms with van der Waals surface area (Å²) in [5, 5.41) is 3.25. The summed E-state index contributed by atoms with van der Waals surface area (Å²) in [5.74, 6) is 0. The Bertz CT molecular complexity index is 91.7. The van der Waals surface area contributed by atoms with Crippen LogP contribution in [-0.4, -0.2) is 30.2 Å². The highest BCUT2D eigenvalue weighted by molar-refractivity contribution is 4.71. The molecule has 0 aromatic heterocycles. The van der Waals surface area contributed by atoms with E-state index in [-0.39, 0.29) is 0 Å². The first-order valence-electron chi connectivity index (χ1n) is 4.45. The molecule has 0 radical (unpaired) electrons. The van der Waals surface area contributed by atoms with Crippen molar-refractivity contribution in [2.24, 2.45) is 0 Å². The number of hydrogen-bond acceptors (Lipinski definition) is 2. The van der Waals surface area contributed by atoms with E-state index in [9.17, 15) is 0 Å². The van der Waals surface area contributed by atoms with Crippen LogP contribution in [-0.2, 0) is 0 Å². The Hall–Kier alpha value is -0.0800. The second kappa shape index (κ2) is 4.73. The molecule has 0 aliphatic rings. The average molecular weight is 158 g/mol. The highest BCUT2D eigenvalue weighted by atomic mass is 15.3. The summed E-state index contributed by atoms with van der Waals surface area (Å²) < 4.78 is 0. The molecule has 68 valence electrons. The Balaban J connectivity index is 4.09. The summed E-state index contributed by atoms with van der Waals surface area (Å²) in [6.07, 6.45) is 0.468. The van der Waals surface area contributed by atoms with Crippen molar-refractivity contribution in [3.8, 4) is 0 Å². The maximum atomic E-state index is 3.25. The van der Waals surface area contributed by atoms with Crippen LogP contribution in [0.1, 0.15) is 34.6 Å². The van der Waals surface area contributed by atoms with Crippen LogP contribution in [0.4, 0.5) is 0 Å². The Morgan fingerprint density at radius 2 is 1.27 bits per heavy atom. The molecule has 2 nitrogen and oxygen atoms in total. The van der Waals surface area contributed by atoms with E-state index in [2.05, 4.69) is 44.8 Å². The number of rotatable bonds is 4. The SMILES string of the molecule is CNC(C)N(C(C)C)C(C)C. The van der Waals surface area contributed by atoms with Gasteiger partial charge in [0.15, 0.2) is 0 Å². The molecule has 0 saturated heterocycles. The largest absolute Gasteiger partial charge is 0.305 e. The van der Waals surface area contributed by atoms with Gasteiger partial charge in [-0.15, -0.1) is 0 Å². The zero-order valence-electron chi connectivity index (χ0n) is 8.68. The number of nitrogens with one attached hydrogen (secondary N) is 1. The topological polar surface area (TPSA) is 15.3 Å². The van der Waals surface area contributed by atoms with E-state index in [1.54, 1.807) is 0 Å². The van der Waals surface area contributed by atoms with Crippen LogP contribution in [0.2, 0.25) is 0 Å². The molecule has 0 aliphatic heterocycles. The van der Waals surface area contributed by atoms with Crippen molar-refractivity contribution in [1.29, 1.82) is 0 Å². The predicted molar refractivity (Wildman–Crippen MR) is 50.6 cm³/mol. The first kappa shape index (κ1) is 10.9. The molecule has 0 amide bonds. The van der Waals surface area contributed by atoms with Crippen LogP contribution in [0, 0.1) is 0 Å². The molecule has 0 aromatic carbocycles. The third-order valence-corrected chi connectivity index (χ3v) is 2.06. The summed E-state index contributed by atoms with van der Waals surface area (Å²) in [4.78, 5) is 2.44. The standard InChI is InChI=1S/C9H22N2/c1-7(2)11(8(3)4)9(5)10-6/h7-10H,1-6H3. The Morgan fingerprint density at radius 3 is 1.36 bits per heavy atom. The van der Waals surface area contributed by atoms with E-state index in [1.165, 1.54) is 0 Å². The van der Waals surface area contributed by atoms with E-state index in [0.717, 1.165) is 0 Å². The molecule has 0 bridgehead atoms. The van der Waals surface area contributed by atoms with E-state index in [4.69, 9.17) is 0 Å². The predicted octanol–water partition coefficient (Wildman–Crippen LogP) is 1.67. The van der Waals surface area contributed by atoms with Gasteiger partial charge < -0.3 is 5.32 Å². The quantitative estimate of drug-likeness (QED) is 0.626. The fourth-order valence-corrected chi connectivity index (χ4v) is 1.64. The highest BCUT2D eigenvalue weighted by Crippen LogP contribution is 2.07. The Morgan fingerprint density at radius 1 is 0.909 bits per heavy atom. The van der Waals surface area contributed by atoms with Gasteiger partial charge in [0.1, 0.15) is 0 Å². The van der Waals surface area contributed by atoms with Crippen molar-refractivity contribution >= 4 is 0 Å². The van der Waals surface area contributed by atoms with Crippen molar-refractivity contribution in [2.75, 3.05) is 7.05 Å². The van der Waals surface area contributed by atoms with Gasteiger partial charge in [0, 0.05) is 12.1 Å². The smallest absolute Gasteiger partial charge is 0.0570 e. The van der Waals surface area contributed by atoms with Crippen LogP contribution in [0.3, 0.4) is 0 Å². The highest BCUT2D eigenvalue weighted by Gasteiger charge is 2.17. The monoisotopic (exact) mass is 158 g/mol. The third-order valence-electron chi connectivity index (χ3n) is 2.06. The van der Waals surface area contributed by atoms with Crippen molar-refractivity contribution in [1.82, 2.24) is 10.2 Å². The molecule has 0 spiro atoms. The van der Waals surface area contributed by atoms with Gasteiger partial charge >= 0.3 is 0 Å². The maximum Gasteiger partial charge on any atom is 0.0570 e. The first-order chi connectivity index (χ1) is 5.00. The third kappa shape index (κ3) is 3.21. The summed E-state index contributed by atoms with van der Waals surface area (Å²) in [6.45, 7) is 11.1. The summed E-state index contributed by atoms with van der Waals surface area (Å²) in [7, 11) is 2.00. The van der Waals surface area contributed by atoms with E-state index in [1.807, 2.05) is 7.05 Å². The summed E-state index contributed by atoms with van der Waals surface area (Å²) >= 11 is 0. The van der Waals surface area contributed by atoms with Crippen molar-refractivity contribution in [2.45, 2.75) is 52.9 Å². The lowest BCUT2D eigenvalue weighted by molar-refractivity contribution is 0.106. The number of hydrogen-bond donors (Lipinski definition) is 1. The van der Waals surface area contributed by atoms with Gasteiger partial charge in [-0.05, 0) is 41.7 Å². The molecular weight excluding hydrogens is 136 g/mol. The second-order valence-electron chi connectivity index (χ2n) is 3.60. The zero-order chi connectivity index (χ0) is 9.02. The second-order valence-corrected chi connectivity index (χ2v) is 3.60. The minimum absolute atomic E-state index is 0.468. The number of nitrogens with zero attached hydrogens (tertiary/aromatic N) is 1. The summed E-state index contributed by atoms with van der Waals surface area (Å²) in [6, 6.07) is 1.22. The molecule has 0 aliphatic carbocycles. The molecule has 1 N–H and O–H groups in total. The molecule has 0 rings (SSSR count). The van der Waals surface area contributed by atoms with Crippen molar-refractivity contribution in [3.05, 3.63) is 0 Å². The van der Waals surface area contributed by atoms with Crippen LogP contribution in [0.5, 0.6) is 0 Å². The van der Waals surface area contributed by atoms with Crippen molar-refractivity contribution < 1.29 is 0 Å². The van der Waals surface area contributed by atoms with Gasteiger partial charge in [0.25, 0.3) is 0 Å². The van der Waals surface area contributed by atoms with Gasteiger partial charge in [-0.3, -0.25) is 4.90 Å². The average Bonchev–Trinajstić information content (AvgIpc) is 1.85. The lowest BCUT2D eigenvalue weighted by Crippen LogP contribution is -2.49. The minimum atomic E-state index is 0.468. The molecule has 2 heteroatoms. The van der Waals surface area contributed by atoms with Gasteiger partial charge in [-0.1, -0.05) is 0 Å². The molecule has 0 fully saturated rings. The molecule has 0 saturated carbocycles. The first-order valence-corrected chi connectivity index (χ1v) is 4.45. The lowest BCUT2D eigenvalue weighted by Gasteiger charge is -2.35. The zero-order valence-corrected chi connectivity index (χ0v) is 8.68. The molecule has 0 aromatic rings. The van der Waals surface area contributed by atoms with Crippen LogP contribution in [0.25, 0.3) is 0 Å². The van der Waals surface area contributed by atoms with Crippen molar-refractivity contribution in [3.63, 3.8) is 0 Å². The molecular formula is C9H22N2. The normalized spacial score (nSPS) is 15.0. The molecule has 1 atom stereocenters. The van der Waals surface area contributed by atoms with Crippen LogP contribution >= 0.6 is 0 Å². The van der Waals surface area contributed by atoms with Gasteiger partial charge in [0.05, 0.1) is 6.17 Å². The fraction of sp³-hybridized carbons (Fsp3) is 1.00. The fourth-order valence-electron chi connectivity index (χ4n) is 1.64.